The molecule has 3 rings (SSSR count). The minimum Gasteiger partial charge on any atom is -0.409 e. The number of amides is 1. The maximum Gasteiger partial charge on any atom is 0.412 e. The van der Waals surface area contributed by atoms with Gasteiger partial charge >= 0.3 is 6.09 Å². The van der Waals surface area contributed by atoms with Crippen molar-refractivity contribution in [1.29, 1.82) is 0 Å². The summed E-state index contributed by atoms with van der Waals surface area (Å²) in [4.78, 5) is 31.0. The number of nitrogens with zero attached hydrogens (tertiary/aromatic N) is 1. The van der Waals surface area contributed by atoms with E-state index in [2.05, 4.69) is 15.3 Å². The molecule has 3 N–H and O–H groups in total. The molecule has 1 unspecified atom stereocenters. The van der Waals surface area contributed by atoms with Gasteiger partial charge in [0.15, 0.2) is 5.75 Å². The zero-order valence-corrected chi connectivity index (χ0v) is 16.3. The van der Waals surface area contributed by atoms with Crippen molar-refractivity contribution in [3.05, 3.63) is 82.0 Å². The average Bonchev–Trinajstić information content (AvgIpc) is 2.73. The van der Waals surface area contributed by atoms with E-state index in [0.717, 1.165) is 11.1 Å². The molecule has 2 heterocycles. The molecular weight excluding hydrogens is 370 g/mol. The molecule has 0 radical (unpaired) electrons. The van der Waals surface area contributed by atoms with E-state index in [-0.39, 0.29) is 17.9 Å². The number of aliphatic hydroxyl groups is 1. The fraction of sp³-hybridized carbons (Fsp3) is 0.227. The maximum atomic E-state index is 12.1. The summed E-state index contributed by atoms with van der Waals surface area (Å²) < 4.78 is 5.29. The molecule has 29 heavy (non-hydrogen) atoms. The van der Waals surface area contributed by atoms with Gasteiger partial charge in [-0.3, -0.25) is 9.78 Å². The third-order valence-corrected chi connectivity index (χ3v) is 4.55. The van der Waals surface area contributed by atoms with Gasteiger partial charge in [0, 0.05) is 28.6 Å². The highest BCUT2D eigenvalue weighted by Gasteiger charge is 2.12. The number of pyridine rings is 2. The van der Waals surface area contributed by atoms with Crippen molar-refractivity contribution in [3.63, 3.8) is 0 Å². The SMILES string of the molecule is CCc1cc(-c2cncc(OC(=O)NCC(O)c3ccccc3)c2)c(C)[nH]c1=O. The highest BCUT2D eigenvalue weighted by molar-refractivity contribution is 5.72. The highest BCUT2D eigenvalue weighted by atomic mass is 16.6. The van der Waals surface area contributed by atoms with Gasteiger partial charge < -0.3 is 20.1 Å². The minimum absolute atomic E-state index is 0.0227. The third-order valence-electron chi connectivity index (χ3n) is 4.55. The molecular formula is C22H23N3O4. The van der Waals surface area contributed by atoms with E-state index in [1.807, 2.05) is 31.2 Å². The van der Waals surface area contributed by atoms with Gasteiger partial charge in [-0.15, -0.1) is 0 Å². The summed E-state index contributed by atoms with van der Waals surface area (Å²) in [7, 11) is 0. The van der Waals surface area contributed by atoms with E-state index in [1.165, 1.54) is 6.20 Å². The summed E-state index contributed by atoms with van der Waals surface area (Å²) in [6.07, 6.45) is 2.16. The predicted octanol–water partition coefficient (Wildman–Crippen LogP) is 3.13. The Balaban J connectivity index is 1.69. The summed E-state index contributed by atoms with van der Waals surface area (Å²) in [5.41, 5.74) is 3.52. The Morgan fingerprint density at radius 2 is 2.00 bits per heavy atom. The van der Waals surface area contributed by atoms with Gasteiger partial charge in [0.25, 0.3) is 5.56 Å². The van der Waals surface area contributed by atoms with Gasteiger partial charge in [-0.25, -0.2) is 4.79 Å². The van der Waals surface area contributed by atoms with Crippen LogP contribution in [0.1, 0.15) is 29.8 Å². The number of carbonyl (C=O) groups is 1. The first-order chi connectivity index (χ1) is 14.0. The molecule has 0 saturated carbocycles. The van der Waals surface area contributed by atoms with Crippen LogP contribution in [0, 0.1) is 6.92 Å². The Labute approximate surface area is 168 Å². The van der Waals surface area contributed by atoms with E-state index < -0.39 is 12.2 Å². The van der Waals surface area contributed by atoms with Gasteiger partial charge in [-0.05, 0) is 31.0 Å². The molecule has 0 spiro atoms. The van der Waals surface area contributed by atoms with Crippen LogP contribution in [-0.4, -0.2) is 27.7 Å². The second-order valence-electron chi connectivity index (χ2n) is 6.62. The van der Waals surface area contributed by atoms with Crippen LogP contribution in [0.2, 0.25) is 0 Å². The normalized spacial score (nSPS) is 11.7. The summed E-state index contributed by atoms with van der Waals surface area (Å²) in [6.45, 7) is 3.74. The Morgan fingerprint density at radius 1 is 1.24 bits per heavy atom. The van der Waals surface area contributed by atoms with Gasteiger partial charge in [0.05, 0.1) is 18.8 Å². The van der Waals surface area contributed by atoms with E-state index in [4.69, 9.17) is 4.74 Å². The first-order valence-electron chi connectivity index (χ1n) is 9.34. The van der Waals surface area contributed by atoms with E-state index in [1.54, 1.807) is 31.3 Å². The second kappa shape index (κ2) is 9.16. The zero-order valence-electron chi connectivity index (χ0n) is 16.3. The van der Waals surface area contributed by atoms with E-state index in [9.17, 15) is 14.7 Å². The molecule has 0 aliphatic carbocycles. The number of aliphatic hydroxyl groups excluding tert-OH is 1. The van der Waals surface area contributed by atoms with E-state index >= 15 is 0 Å². The lowest BCUT2D eigenvalue weighted by atomic mass is 10.0. The van der Waals surface area contributed by atoms with Crippen LogP contribution in [0.5, 0.6) is 5.75 Å². The quantitative estimate of drug-likeness (QED) is 0.597. The Hall–Kier alpha value is -3.45. The predicted molar refractivity (Wildman–Crippen MR) is 110 cm³/mol. The molecule has 1 aromatic carbocycles. The number of aryl methyl sites for hydroxylation is 2. The fourth-order valence-corrected chi connectivity index (χ4v) is 2.97. The lowest BCUT2D eigenvalue weighted by molar-refractivity contribution is 0.161. The number of aromatic nitrogens is 2. The summed E-state index contributed by atoms with van der Waals surface area (Å²) in [5, 5.41) is 12.7. The van der Waals surface area contributed by atoms with Gasteiger partial charge in [0.2, 0.25) is 0 Å². The molecule has 150 valence electrons. The van der Waals surface area contributed by atoms with Gasteiger partial charge in [0.1, 0.15) is 0 Å². The van der Waals surface area contributed by atoms with Crippen LogP contribution < -0.4 is 15.6 Å². The molecule has 7 nitrogen and oxygen atoms in total. The molecule has 3 aromatic rings. The molecule has 0 fully saturated rings. The number of aromatic amines is 1. The number of carbonyl (C=O) groups excluding carboxylic acids is 1. The van der Waals surface area contributed by atoms with Crippen molar-refractivity contribution >= 4 is 6.09 Å². The van der Waals surface area contributed by atoms with Gasteiger partial charge in [-0.2, -0.15) is 0 Å². The Morgan fingerprint density at radius 3 is 2.72 bits per heavy atom. The number of ether oxygens (including phenoxy) is 1. The first-order valence-corrected chi connectivity index (χ1v) is 9.34. The number of hydrogen-bond donors (Lipinski definition) is 3. The number of rotatable bonds is 6. The molecule has 0 bridgehead atoms. The van der Waals surface area contributed by atoms with Crippen LogP contribution >= 0.6 is 0 Å². The van der Waals surface area contributed by atoms with Gasteiger partial charge in [-0.1, -0.05) is 37.3 Å². The fourth-order valence-electron chi connectivity index (χ4n) is 2.97. The summed E-state index contributed by atoms with van der Waals surface area (Å²) >= 11 is 0. The number of benzene rings is 1. The van der Waals surface area contributed by atoms with Crippen LogP contribution in [0.25, 0.3) is 11.1 Å². The molecule has 7 heteroatoms. The molecule has 2 aromatic heterocycles. The number of hydrogen-bond acceptors (Lipinski definition) is 5. The first kappa shape index (κ1) is 20.3. The van der Waals surface area contributed by atoms with Crippen molar-refractivity contribution in [2.45, 2.75) is 26.4 Å². The molecule has 1 atom stereocenters. The monoisotopic (exact) mass is 393 g/mol. The lowest BCUT2D eigenvalue weighted by Gasteiger charge is -2.13. The third kappa shape index (κ3) is 5.08. The number of H-pyrrole nitrogens is 1. The van der Waals surface area contributed by atoms with Crippen molar-refractivity contribution < 1.29 is 14.6 Å². The molecule has 0 saturated heterocycles. The van der Waals surface area contributed by atoms with Crippen LogP contribution in [-0.2, 0) is 6.42 Å². The Bertz CT molecular complexity index is 1050. The van der Waals surface area contributed by atoms with Crippen LogP contribution in [0.3, 0.4) is 0 Å². The molecule has 0 aliphatic rings. The number of nitrogens with one attached hydrogen (secondary N) is 2. The minimum atomic E-state index is -0.829. The lowest BCUT2D eigenvalue weighted by Crippen LogP contribution is -2.31. The van der Waals surface area contributed by atoms with Crippen molar-refractivity contribution in [2.24, 2.45) is 0 Å². The smallest absolute Gasteiger partial charge is 0.409 e. The topological polar surface area (TPSA) is 104 Å². The summed E-state index contributed by atoms with van der Waals surface area (Å²) in [5.74, 6) is 0.262. The summed E-state index contributed by atoms with van der Waals surface area (Å²) in [6, 6.07) is 12.6. The largest absolute Gasteiger partial charge is 0.412 e. The molecule has 0 aliphatic heterocycles. The van der Waals surface area contributed by atoms with Crippen molar-refractivity contribution in [1.82, 2.24) is 15.3 Å². The highest BCUT2D eigenvalue weighted by Crippen LogP contribution is 2.25. The van der Waals surface area contributed by atoms with Crippen molar-refractivity contribution in [2.75, 3.05) is 6.54 Å². The van der Waals surface area contributed by atoms with Crippen LogP contribution in [0.4, 0.5) is 4.79 Å². The van der Waals surface area contributed by atoms with E-state index in [0.29, 0.717) is 23.2 Å². The van der Waals surface area contributed by atoms with Crippen molar-refractivity contribution in [3.8, 4) is 16.9 Å². The molecule has 1 amide bonds. The standard InChI is InChI=1S/C22H23N3O4/c1-3-15-10-19(14(2)25-21(15)27)17-9-18(12-23-11-17)29-22(28)24-13-20(26)16-7-5-4-6-8-16/h4-12,20,26H,3,13H2,1-2H3,(H,24,28)(H,25,27). The maximum absolute atomic E-state index is 12.1. The average molecular weight is 393 g/mol. The van der Waals surface area contributed by atoms with Crippen LogP contribution in [0.15, 0.2) is 59.7 Å². The Kier molecular flexibility index (Phi) is 6.41. The second-order valence-corrected chi connectivity index (χ2v) is 6.62. The zero-order chi connectivity index (χ0) is 20.8.